The van der Waals surface area contributed by atoms with Gasteiger partial charge in [0.1, 0.15) is 4.90 Å². The molecule has 0 aromatic heterocycles. The van der Waals surface area contributed by atoms with Crippen LogP contribution in [0, 0.1) is 0 Å². The van der Waals surface area contributed by atoms with Gasteiger partial charge in [0.05, 0.1) is 11.1 Å². The molecule has 5 N–H and O–H groups in total. The first-order chi connectivity index (χ1) is 6.86. The van der Waals surface area contributed by atoms with Gasteiger partial charge in [0.25, 0.3) is 0 Å². The highest BCUT2D eigenvalue weighted by molar-refractivity contribution is 7.89. The Hall–Kier alpha value is -0.660. The fraction of sp³-hybridized carbons (Fsp3) is 0.250. The minimum atomic E-state index is -3.88. The number of benzene rings is 1. The molecule has 0 saturated carbocycles. The number of rotatable bonds is 3. The molecule has 0 amide bonds. The summed E-state index contributed by atoms with van der Waals surface area (Å²) >= 11 is 5.66. The van der Waals surface area contributed by atoms with E-state index in [2.05, 4.69) is 0 Å². The van der Waals surface area contributed by atoms with E-state index in [9.17, 15) is 13.5 Å². The Morgan fingerprint density at radius 2 is 2.07 bits per heavy atom. The minimum absolute atomic E-state index is 0.00824. The van der Waals surface area contributed by atoms with Gasteiger partial charge < -0.3 is 10.8 Å². The Kier molecular flexibility index (Phi) is 3.69. The van der Waals surface area contributed by atoms with Crippen molar-refractivity contribution >= 4 is 21.6 Å². The van der Waals surface area contributed by atoms with E-state index in [1.165, 1.54) is 18.2 Å². The van der Waals surface area contributed by atoms with Crippen molar-refractivity contribution in [3.63, 3.8) is 0 Å². The van der Waals surface area contributed by atoms with Crippen LogP contribution < -0.4 is 10.9 Å². The summed E-state index contributed by atoms with van der Waals surface area (Å²) in [6.45, 7) is -0.00824. The topological polar surface area (TPSA) is 106 Å². The first-order valence-electron chi connectivity index (χ1n) is 4.06. The minimum Gasteiger partial charge on any atom is -0.387 e. The van der Waals surface area contributed by atoms with Crippen LogP contribution in [0.15, 0.2) is 23.1 Å². The molecule has 0 fully saturated rings. The molecule has 0 aliphatic carbocycles. The van der Waals surface area contributed by atoms with E-state index in [-0.39, 0.29) is 16.5 Å². The summed E-state index contributed by atoms with van der Waals surface area (Å²) in [6, 6.07) is 4.07. The van der Waals surface area contributed by atoms with Crippen molar-refractivity contribution in [1.29, 1.82) is 0 Å². The lowest BCUT2D eigenvalue weighted by molar-refractivity contribution is 0.186. The molecule has 0 spiro atoms. The van der Waals surface area contributed by atoms with Gasteiger partial charge in [0, 0.05) is 6.54 Å². The van der Waals surface area contributed by atoms with Crippen LogP contribution >= 0.6 is 11.6 Å². The number of halogens is 1. The molecule has 0 aliphatic heterocycles. The Morgan fingerprint density at radius 1 is 1.47 bits per heavy atom. The molecule has 1 aromatic carbocycles. The van der Waals surface area contributed by atoms with Crippen LogP contribution in [0.25, 0.3) is 0 Å². The lowest BCUT2D eigenvalue weighted by Gasteiger charge is -2.10. The number of aliphatic hydroxyl groups is 1. The Bertz CT molecular complexity index is 461. The van der Waals surface area contributed by atoms with E-state index in [0.29, 0.717) is 5.56 Å². The second kappa shape index (κ2) is 4.46. The molecular formula is C8H11ClN2O3S. The Morgan fingerprint density at radius 3 is 2.53 bits per heavy atom. The number of aliphatic hydroxyl groups excluding tert-OH is 1. The number of primary sulfonamides is 1. The zero-order valence-corrected chi connectivity index (χ0v) is 9.29. The molecule has 1 aromatic rings. The summed E-state index contributed by atoms with van der Waals surface area (Å²) in [5.74, 6) is 0. The van der Waals surface area contributed by atoms with Gasteiger partial charge in [-0.1, -0.05) is 17.7 Å². The molecular weight excluding hydrogens is 240 g/mol. The third-order valence-corrected chi connectivity index (χ3v) is 3.26. The van der Waals surface area contributed by atoms with E-state index in [1.807, 2.05) is 0 Å². The first-order valence-corrected chi connectivity index (χ1v) is 5.99. The van der Waals surface area contributed by atoms with Gasteiger partial charge in [-0.15, -0.1) is 0 Å². The number of hydrogen-bond acceptors (Lipinski definition) is 4. The number of nitrogens with two attached hydrogens (primary N) is 2. The monoisotopic (exact) mass is 250 g/mol. The summed E-state index contributed by atoms with van der Waals surface area (Å²) < 4.78 is 22.2. The fourth-order valence-corrected chi connectivity index (χ4v) is 2.16. The molecule has 0 saturated heterocycles. The summed E-state index contributed by atoms with van der Waals surface area (Å²) in [5, 5.41) is 14.4. The zero-order valence-electron chi connectivity index (χ0n) is 7.72. The van der Waals surface area contributed by atoms with E-state index < -0.39 is 16.1 Å². The highest BCUT2D eigenvalue weighted by Crippen LogP contribution is 2.24. The van der Waals surface area contributed by atoms with Gasteiger partial charge in [-0.25, -0.2) is 13.6 Å². The molecule has 0 bridgehead atoms. The SMILES string of the molecule is NCC(O)c1ccc(Cl)c(S(N)(=O)=O)c1. The molecule has 0 heterocycles. The number of sulfonamides is 1. The maximum absolute atomic E-state index is 11.1. The van der Waals surface area contributed by atoms with Gasteiger partial charge in [-0.05, 0) is 17.7 Å². The molecule has 0 aliphatic rings. The van der Waals surface area contributed by atoms with Gasteiger partial charge in [0.2, 0.25) is 10.0 Å². The van der Waals surface area contributed by atoms with Crippen LogP contribution in [0.2, 0.25) is 5.02 Å². The van der Waals surface area contributed by atoms with Crippen molar-refractivity contribution < 1.29 is 13.5 Å². The molecule has 1 rings (SSSR count). The van der Waals surface area contributed by atoms with Crippen LogP contribution in [0.5, 0.6) is 0 Å². The largest absolute Gasteiger partial charge is 0.387 e. The van der Waals surface area contributed by atoms with Crippen LogP contribution in [0.3, 0.4) is 0 Å². The summed E-state index contributed by atoms with van der Waals surface area (Å²) in [7, 11) is -3.88. The highest BCUT2D eigenvalue weighted by Gasteiger charge is 2.15. The lowest BCUT2D eigenvalue weighted by Crippen LogP contribution is -2.15. The molecule has 0 radical (unpaired) electrons. The maximum atomic E-state index is 11.1. The van der Waals surface area contributed by atoms with E-state index in [0.717, 1.165) is 0 Å². The smallest absolute Gasteiger partial charge is 0.239 e. The molecule has 1 atom stereocenters. The Labute approximate surface area is 92.7 Å². The van der Waals surface area contributed by atoms with Gasteiger partial charge in [-0.3, -0.25) is 0 Å². The van der Waals surface area contributed by atoms with E-state index in [1.54, 1.807) is 0 Å². The number of hydrogen-bond donors (Lipinski definition) is 3. The summed E-state index contributed by atoms with van der Waals surface area (Å²) in [6.07, 6.45) is -0.928. The highest BCUT2D eigenvalue weighted by atomic mass is 35.5. The van der Waals surface area contributed by atoms with Crippen molar-refractivity contribution in [2.75, 3.05) is 6.54 Å². The normalized spacial score (nSPS) is 13.9. The molecule has 5 nitrogen and oxygen atoms in total. The molecule has 84 valence electrons. The summed E-state index contributed by atoms with van der Waals surface area (Å²) in [4.78, 5) is -0.214. The maximum Gasteiger partial charge on any atom is 0.239 e. The van der Waals surface area contributed by atoms with E-state index in [4.69, 9.17) is 22.5 Å². The van der Waals surface area contributed by atoms with Crippen molar-refractivity contribution in [1.82, 2.24) is 0 Å². The average molecular weight is 251 g/mol. The first kappa shape index (κ1) is 12.4. The van der Waals surface area contributed by atoms with Crippen LogP contribution in [-0.4, -0.2) is 20.1 Å². The Balaban J connectivity index is 3.29. The standard InChI is InChI=1S/C8H11ClN2O3S/c9-6-2-1-5(7(12)4-10)3-8(6)15(11,13)14/h1-3,7,12H,4,10H2,(H2,11,13,14). The van der Waals surface area contributed by atoms with Gasteiger partial charge in [-0.2, -0.15) is 0 Å². The average Bonchev–Trinajstić information content (AvgIpc) is 2.15. The van der Waals surface area contributed by atoms with Gasteiger partial charge >= 0.3 is 0 Å². The predicted octanol–water partition coefficient (Wildman–Crippen LogP) is -0.0205. The van der Waals surface area contributed by atoms with Crippen molar-refractivity contribution in [3.8, 4) is 0 Å². The second-order valence-electron chi connectivity index (χ2n) is 2.99. The lowest BCUT2D eigenvalue weighted by atomic mass is 10.1. The van der Waals surface area contributed by atoms with Crippen molar-refractivity contribution in [2.45, 2.75) is 11.0 Å². The molecule has 15 heavy (non-hydrogen) atoms. The quantitative estimate of drug-likeness (QED) is 0.701. The third kappa shape index (κ3) is 2.90. The fourth-order valence-electron chi connectivity index (χ4n) is 1.08. The van der Waals surface area contributed by atoms with Gasteiger partial charge in [0.15, 0.2) is 0 Å². The molecule has 1 unspecified atom stereocenters. The summed E-state index contributed by atoms with van der Waals surface area (Å²) in [5.41, 5.74) is 5.60. The second-order valence-corrected chi connectivity index (χ2v) is 4.92. The predicted molar refractivity (Wildman–Crippen MR) is 56.8 cm³/mol. The van der Waals surface area contributed by atoms with Crippen LogP contribution in [-0.2, 0) is 10.0 Å². The van der Waals surface area contributed by atoms with Crippen LogP contribution in [0.4, 0.5) is 0 Å². The van der Waals surface area contributed by atoms with E-state index >= 15 is 0 Å². The molecule has 7 heteroatoms. The van der Waals surface area contributed by atoms with Crippen molar-refractivity contribution in [3.05, 3.63) is 28.8 Å². The van der Waals surface area contributed by atoms with Crippen molar-refractivity contribution in [2.24, 2.45) is 10.9 Å². The zero-order chi connectivity index (χ0) is 11.6. The van der Waals surface area contributed by atoms with Crippen LogP contribution in [0.1, 0.15) is 11.7 Å². The third-order valence-electron chi connectivity index (χ3n) is 1.87.